The molecule has 2 aliphatic heterocycles. The van der Waals surface area contributed by atoms with Gasteiger partial charge in [0.25, 0.3) is 0 Å². The van der Waals surface area contributed by atoms with Gasteiger partial charge >= 0.3 is 0 Å². The molecule has 0 bridgehead atoms. The van der Waals surface area contributed by atoms with Gasteiger partial charge in [-0.3, -0.25) is 4.90 Å². The second kappa shape index (κ2) is 6.60. The number of ether oxygens (including phenoxy) is 1. The van der Waals surface area contributed by atoms with E-state index in [4.69, 9.17) is 4.74 Å². The van der Waals surface area contributed by atoms with Crippen molar-refractivity contribution in [3.05, 3.63) is 0 Å². The molecule has 2 saturated heterocycles. The standard InChI is InChI=1S/C14H28N2OS/c1-12-13(5-4-10-18-12)15-11-14(2,3)16-6-8-17-9-7-16/h12-13,15H,4-11H2,1-3H3. The Morgan fingerprint density at radius 1 is 1.33 bits per heavy atom. The monoisotopic (exact) mass is 272 g/mol. The maximum Gasteiger partial charge on any atom is 0.0594 e. The van der Waals surface area contributed by atoms with Crippen LogP contribution in [0.5, 0.6) is 0 Å². The molecule has 4 heteroatoms. The lowest BCUT2D eigenvalue weighted by Gasteiger charge is -2.42. The Balaban J connectivity index is 1.79. The second-order valence-electron chi connectivity index (χ2n) is 6.12. The first-order valence-electron chi connectivity index (χ1n) is 7.27. The van der Waals surface area contributed by atoms with E-state index >= 15 is 0 Å². The van der Waals surface area contributed by atoms with Crippen LogP contribution in [0.15, 0.2) is 0 Å². The molecule has 0 amide bonds. The van der Waals surface area contributed by atoms with Crippen molar-refractivity contribution in [2.24, 2.45) is 0 Å². The molecule has 2 fully saturated rings. The van der Waals surface area contributed by atoms with E-state index in [-0.39, 0.29) is 5.54 Å². The zero-order valence-corrected chi connectivity index (χ0v) is 12.9. The average Bonchev–Trinajstić information content (AvgIpc) is 2.39. The van der Waals surface area contributed by atoms with E-state index < -0.39 is 0 Å². The van der Waals surface area contributed by atoms with Gasteiger partial charge in [0.1, 0.15) is 0 Å². The van der Waals surface area contributed by atoms with Gasteiger partial charge < -0.3 is 10.1 Å². The second-order valence-corrected chi connectivity index (χ2v) is 7.60. The molecule has 2 unspecified atom stereocenters. The van der Waals surface area contributed by atoms with Crippen molar-refractivity contribution in [3.8, 4) is 0 Å². The summed E-state index contributed by atoms with van der Waals surface area (Å²) in [5.74, 6) is 1.34. The Labute approximate surface area is 116 Å². The van der Waals surface area contributed by atoms with E-state index in [9.17, 15) is 0 Å². The number of nitrogens with zero attached hydrogens (tertiary/aromatic N) is 1. The molecule has 2 atom stereocenters. The summed E-state index contributed by atoms with van der Waals surface area (Å²) in [6.07, 6.45) is 2.71. The topological polar surface area (TPSA) is 24.5 Å². The largest absolute Gasteiger partial charge is 0.379 e. The first-order chi connectivity index (χ1) is 8.59. The quantitative estimate of drug-likeness (QED) is 0.846. The van der Waals surface area contributed by atoms with Crippen LogP contribution in [-0.4, -0.2) is 60.3 Å². The zero-order valence-electron chi connectivity index (χ0n) is 12.1. The summed E-state index contributed by atoms with van der Waals surface area (Å²) in [6, 6.07) is 0.698. The minimum Gasteiger partial charge on any atom is -0.379 e. The van der Waals surface area contributed by atoms with Gasteiger partial charge in [0.15, 0.2) is 0 Å². The molecule has 3 nitrogen and oxygen atoms in total. The first kappa shape index (κ1) is 14.6. The summed E-state index contributed by atoms with van der Waals surface area (Å²) < 4.78 is 5.44. The van der Waals surface area contributed by atoms with Gasteiger partial charge in [0, 0.05) is 36.5 Å². The molecule has 0 aromatic heterocycles. The Morgan fingerprint density at radius 2 is 2.06 bits per heavy atom. The molecule has 2 aliphatic rings. The van der Waals surface area contributed by atoms with Gasteiger partial charge in [-0.2, -0.15) is 11.8 Å². The summed E-state index contributed by atoms with van der Waals surface area (Å²) in [7, 11) is 0. The summed E-state index contributed by atoms with van der Waals surface area (Å²) in [5, 5.41) is 4.57. The molecule has 0 aromatic carbocycles. The van der Waals surface area contributed by atoms with Gasteiger partial charge in [-0.1, -0.05) is 6.92 Å². The minimum absolute atomic E-state index is 0.242. The lowest BCUT2D eigenvalue weighted by molar-refractivity contribution is -0.0104. The third kappa shape index (κ3) is 3.86. The smallest absolute Gasteiger partial charge is 0.0594 e. The van der Waals surface area contributed by atoms with Crippen LogP contribution in [0.4, 0.5) is 0 Å². The molecule has 0 radical (unpaired) electrons. The molecule has 0 aliphatic carbocycles. The number of morpholine rings is 1. The molecular formula is C14H28N2OS. The van der Waals surface area contributed by atoms with Crippen molar-refractivity contribution < 1.29 is 4.74 Å². The van der Waals surface area contributed by atoms with Gasteiger partial charge in [-0.15, -0.1) is 0 Å². The third-order valence-electron chi connectivity index (χ3n) is 4.27. The molecule has 106 valence electrons. The summed E-state index contributed by atoms with van der Waals surface area (Å²) in [6.45, 7) is 12.1. The fraction of sp³-hybridized carbons (Fsp3) is 1.00. The Morgan fingerprint density at radius 3 is 2.72 bits per heavy atom. The Hall–Kier alpha value is 0.230. The highest BCUT2D eigenvalue weighted by Crippen LogP contribution is 2.25. The van der Waals surface area contributed by atoms with E-state index in [0.717, 1.165) is 38.1 Å². The van der Waals surface area contributed by atoms with Crippen molar-refractivity contribution in [1.82, 2.24) is 10.2 Å². The summed E-state index contributed by atoms with van der Waals surface area (Å²) in [5.41, 5.74) is 0.242. The molecular weight excluding hydrogens is 244 g/mol. The maximum absolute atomic E-state index is 5.44. The normalized spacial score (nSPS) is 31.5. The average molecular weight is 272 g/mol. The lowest BCUT2D eigenvalue weighted by Crippen LogP contribution is -2.56. The number of nitrogens with one attached hydrogen (secondary N) is 1. The molecule has 1 N–H and O–H groups in total. The fourth-order valence-corrected chi connectivity index (χ4v) is 4.02. The molecule has 0 aromatic rings. The Bertz CT molecular complexity index is 254. The predicted octanol–water partition coefficient (Wildman–Crippen LogP) is 1.97. The Kier molecular flexibility index (Phi) is 5.36. The van der Waals surface area contributed by atoms with Crippen LogP contribution in [0.25, 0.3) is 0 Å². The van der Waals surface area contributed by atoms with Crippen molar-refractivity contribution >= 4 is 11.8 Å². The first-order valence-corrected chi connectivity index (χ1v) is 8.32. The highest BCUT2D eigenvalue weighted by Gasteiger charge is 2.30. The van der Waals surface area contributed by atoms with E-state index in [1.807, 2.05) is 0 Å². The van der Waals surface area contributed by atoms with Crippen LogP contribution < -0.4 is 5.32 Å². The number of hydrogen-bond acceptors (Lipinski definition) is 4. The van der Waals surface area contributed by atoms with E-state index in [0.29, 0.717) is 6.04 Å². The fourth-order valence-electron chi connectivity index (χ4n) is 2.85. The molecule has 18 heavy (non-hydrogen) atoms. The predicted molar refractivity (Wildman–Crippen MR) is 79.4 cm³/mol. The summed E-state index contributed by atoms with van der Waals surface area (Å²) in [4.78, 5) is 2.56. The zero-order chi connectivity index (χ0) is 13.0. The van der Waals surface area contributed by atoms with Gasteiger partial charge in [0.05, 0.1) is 13.2 Å². The number of thioether (sulfide) groups is 1. The number of hydrogen-bond donors (Lipinski definition) is 1. The van der Waals surface area contributed by atoms with Crippen molar-refractivity contribution in [2.75, 3.05) is 38.6 Å². The van der Waals surface area contributed by atoms with Gasteiger partial charge in [0.2, 0.25) is 0 Å². The summed E-state index contributed by atoms with van der Waals surface area (Å²) >= 11 is 2.12. The van der Waals surface area contributed by atoms with Gasteiger partial charge in [-0.25, -0.2) is 0 Å². The highest BCUT2D eigenvalue weighted by molar-refractivity contribution is 7.99. The van der Waals surface area contributed by atoms with E-state index in [1.165, 1.54) is 18.6 Å². The van der Waals surface area contributed by atoms with Crippen molar-refractivity contribution in [3.63, 3.8) is 0 Å². The van der Waals surface area contributed by atoms with Crippen molar-refractivity contribution in [2.45, 2.75) is 50.4 Å². The van der Waals surface area contributed by atoms with Crippen LogP contribution in [0, 0.1) is 0 Å². The van der Waals surface area contributed by atoms with E-state index in [1.54, 1.807) is 0 Å². The highest BCUT2D eigenvalue weighted by atomic mass is 32.2. The third-order valence-corrected chi connectivity index (χ3v) is 5.65. The molecule has 2 rings (SSSR count). The SMILES string of the molecule is CC1SCCCC1NCC(C)(C)N1CCOCC1. The molecule has 0 spiro atoms. The maximum atomic E-state index is 5.44. The van der Waals surface area contributed by atoms with E-state index in [2.05, 4.69) is 42.7 Å². The van der Waals surface area contributed by atoms with Gasteiger partial charge in [-0.05, 0) is 32.4 Å². The minimum atomic E-state index is 0.242. The molecule has 0 saturated carbocycles. The van der Waals surface area contributed by atoms with Crippen LogP contribution in [-0.2, 0) is 4.74 Å². The van der Waals surface area contributed by atoms with Crippen LogP contribution in [0.1, 0.15) is 33.6 Å². The number of rotatable bonds is 4. The van der Waals surface area contributed by atoms with Crippen LogP contribution in [0.2, 0.25) is 0 Å². The van der Waals surface area contributed by atoms with Crippen LogP contribution >= 0.6 is 11.8 Å². The van der Waals surface area contributed by atoms with Crippen LogP contribution in [0.3, 0.4) is 0 Å². The lowest BCUT2D eigenvalue weighted by atomic mass is 10.00. The molecule has 2 heterocycles. The van der Waals surface area contributed by atoms with Crippen molar-refractivity contribution in [1.29, 1.82) is 0 Å².